The topological polar surface area (TPSA) is 102 Å². The first-order chi connectivity index (χ1) is 15.8. The number of rotatable bonds is 6. The van der Waals surface area contributed by atoms with Gasteiger partial charge in [-0.3, -0.25) is 19.3 Å². The van der Waals surface area contributed by atoms with Gasteiger partial charge in [0.15, 0.2) is 23.2 Å². The van der Waals surface area contributed by atoms with Crippen molar-refractivity contribution < 1.29 is 32.3 Å². The van der Waals surface area contributed by atoms with Gasteiger partial charge in [0, 0.05) is 31.9 Å². The summed E-state index contributed by atoms with van der Waals surface area (Å²) < 4.78 is 37.3. The molecule has 3 heterocycles. The zero-order valence-electron chi connectivity index (χ0n) is 17.7. The number of aromatic nitrogens is 1. The molecule has 1 atom stereocenters. The van der Waals surface area contributed by atoms with E-state index in [1.54, 1.807) is 12.1 Å². The number of fused-ring (bicyclic) bond motifs is 1. The Hall–Kier alpha value is -4.08. The molecule has 1 aliphatic heterocycles. The summed E-state index contributed by atoms with van der Waals surface area (Å²) in [5, 5.41) is 2.67. The molecule has 10 heteroatoms. The van der Waals surface area contributed by atoms with Gasteiger partial charge in [-0.15, -0.1) is 0 Å². The minimum atomic E-state index is -1.15. The Morgan fingerprint density at radius 3 is 2.67 bits per heavy atom. The van der Waals surface area contributed by atoms with E-state index >= 15 is 0 Å². The molecule has 0 spiro atoms. The fourth-order valence-electron chi connectivity index (χ4n) is 3.58. The summed E-state index contributed by atoms with van der Waals surface area (Å²) in [5.41, 5.74) is 1.11. The SMILES string of the molecule is COc1cc(CNC(=O)c2cc3c(o2)N(C)C(=O)C(Cc2ccc(F)c(F)c2)C3=O)ccn1. The lowest BCUT2D eigenvalue weighted by Gasteiger charge is -2.26. The number of pyridine rings is 1. The highest BCUT2D eigenvalue weighted by Crippen LogP contribution is 2.34. The first kappa shape index (κ1) is 22.1. The van der Waals surface area contributed by atoms with Crippen LogP contribution < -0.4 is 15.0 Å². The molecule has 170 valence electrons. The smallest absolute Gasteiger partial charge is 0.287 e. The summed E-state index contributed by atoms with van der Waals surface area (Å²) in [6.45, 7) is 0.157. The van der Waals surface area contributed by atoms with Crippen molar-refractivity contribution >= 4 is 23.5 Å². The third kappa shape index (κ3) is 4.32. The number of nitrogens with one attached hydrogen (secondary N) is 1. The second-order valence-corrected chi connectivity index (χ2v) is 7.49. The molecule has 1 N–H and O–H groups in total. The van der Waals surface area contributed by atoms with Gasteiger partial charge in [-0.05, 0) is 35.7 Å². The Balaban J connectivity index is 1.52. The van der Waals surface area contributed by atoms with E-state index < -0.39 is 35.1 Å². The van der Waals surface area contributed by atoms with E-state index in [4.69, 9.17) is 9.15 Å². The lowest BCUT2D eigenvalue weighted by Crippen LogP contribution is -2.42. The summed E-state index contributed by atoms with van der Waals surface area (Å²) in [5.74, 6) is -4.71. The van der Waals surface area contributed by atoms with Gasteiger partial charge in [-0.1, -0.05) is 6.07 Å². The van der Waals surface area contributed by atoms with Crippen LogP contribution in [-0.4, -0.2) is 36.7 Å². The number of hydrogen-bond acceptors (Lipinski definition) is 6. The molecular formula is C23H19F2N3O5. The van der Waals surface area contributed by atoms with Crippen LogP contribution in [0.1, 0.15) is 32.0 Å². The van der Waals surface area contributed by atoms with Crippen molar-refractivity contribution in [2.24, 2.45) is 5.92 Å². The number of amides is 2. The highest BCUT2D eigenvalue weighted by Gasteiger charge is 2.41. The molecule has 0 bridgehead atoms. The molecule has 33 heavy (non-hydrogen) atoms. The van der Waals surface area contributed by atoms with Crippen LogP contribution in [0.4, 0.5) is 14.7 Å². The van der Waals surface area contributed by atoms with Crippen LogP contribution in [0.2, 0.25) is 0 Å². The first-order valence-corrected chi connectivity index (χ1v) is 9.95. The second kappa shape index (κ2) is 8.81. The Bertz CT molecular complexity index is 1260. The highest BCUT2D eigenvalue weighted by atomic mass is 19.2. The Morgan fingerprint density at radius 2 is 1.94 bits per heavy atom. The molecule has 2 amide bonds. The fraction of sp³-hybridized carbons (Fsp3) is 0.217. The van der Waals surface area contributed by atoms with Crippen LogP contribution in [-0.2, 0) is 17.8 Å². The molecule has 3 aromatic rings. The summed E-state index contributed by atoms with van der Waals surface area (Å²) in [4.78, 5) is 43.5. The molecule has 4 rings (SSSR count). The molecule has 0 saturated heterocycles. The third-order valence-corrected chi connectivity index (χ3v) is 5.34. The van der Waals surface area contributed by atoms with E-state index in [1.165, 1.54) is 32.5 Å². The summed E-state index contributed by atoms with van der Waals surface area (Å²) in [7, 11) is 2.90. The van der Waals surface area contributed by atoms with Crippen molar-refractivity contribution in [2.75, 3.05) is 19.1 Å². The van der Waals surface area contributed by atoms with Crippen molar-refractivity contribution in [3.8, 4) is 5.88 Å². The maximum Gasteiger partial charge on any atom is 0.287 e. The number of anilines is 1. The van der Waals surface area contributed by atoms with Crippen molar-refractivity contribution in [1.82, 2.24) is 10.3 Å². The number of halogens is 2. The quantitative estimate of drug-likeness (QED) is 0.574. The number of methoxy groups -OCH3 is 1. The molecule has 0 fully saturated rings. The summed E-state index contributed by atoms with van der Waals surface area (Å²) in [6.07, 6.45) is 1.42. The standard InChI is InChI=1S/C23H19F2N3O5/c1-28-22(31)14(7-12-3-4-16(24)17(25)8-12)20(29)15-10-18(33-23(15)28)21(30)27-11-13-5-6-26-19(9-13)32-2/h3-6,8-10,14H,7,11H2,1-2H3,(H,27,30). The van der Waals surface area contributed by atoms with E-state index in [1.807, 2.05) is 0 Å². The minimum Gasteiger partial charge on any atom is -0.481 e. The van der Waals surface area contributed by atoms with Crippen LogP contribution in [0.3, 0.4) is 0 Å². The maximum atomic E-state index is 13.5. The lowest BCUT2D eigenvalue weighted by molar-refractivity contribution is -0.121. The zero-order valence-corrected chi connectivity index (χ0v) is 17.7. The molecular weight excluding hydrogens is 436 g/mol. The van der Waals surface area contributed by atoms with Crippen molar-refractivity contribution in [3.05, 3.63) is 76.7 Å². The van der Waals surface area contributed by atoms with E-state index in [9.17, 15) is 23.2 Å². The van der Waals surface area contributed by atoms with Crippen molar-refractivity contribution in [2.45, 2.75) is 13.0 Å². The van der Waals surface area contributed by atoms with Gasteiger partial charge in [0.1, 0.15) is 5.92 Å². The number of hydrogen-bond donors (Lipinski definition) is 1. The largest absolute Gasteiger partial charge is 0.481 e. The van der Waals surface area contributed by atoms with Gasteiger partial charge in [0.25, 0.3) is 5.91 Å². The number of carbonyl (C=O) groups is 3. The summed E-state index contributed by atoms with van der Waals surface area (Å²) in [6, 6.07) is 7.85. The number of nitrogens with zero attached hydrogens (tertiary/aromatic N) is 2. The van der Waals surface area contributed by atoms with Crippen LogP contribution >= 0.6 is 0 Å². The number of ether oxygens (including phenoxy) is 1. The minimum absolute atomic E-state index is 0.0396. The van der Waals surface area contributed by atoms with Gasteiger partial charge < -0.3 is 14.5 Å². The normalized spacial score (nSPS) is 15.4. The van der Waals surface area contributed by atoms with Gasteiger partial charge in [-0.25, -0.2) is 13.8 Å². The predicted octanol–water partition coefficient (Wildman–Crippen LogP) is 2.91. The Kier molecular flexibility index (Phi) is 5.91. The monoisotopic (exact) mass is 455 g/mol. The molecule has 1 unspecified atom stereocenters. The highest BCUT2D eigenvalue weighted by molar-refractivity contribution is 6.21. The van der Waals surface area contributed by atoms with Crippen LogP contribution in [0.25, 0.3) is 0 Å². The number of benzene rings is 1. The first-order valence-electron chi connectivity index (χ1n) is 9.95. The van der Waals surface area contributed by atoms with Crippen LogP contribution in [0.15, 0.2) is 47.0 Å². The second-order valence-electron chi connectivity index (χ2n) is 7.49. The Morgan fingerprint density at radius 1 is 1.15 bits per heavy atom. The van der Waals surface area contributed by atoms with Crippen molar-refractivity contribution in [1.29, 1.82) is 0 Å². The average Bonchev–Trinajstić information content (AvgIpc) is 3.27. The summed E-state index contributed by atoms with van der Waals surface area (Å²) >= 11 is 0. The Labute approximate surface area is 187 Å². The van der Waals surface area contributed by atoms with Gasteiger partial charge in [-0.2, -0.15) is 0 Å². The molecule has 1 aliphatic rings. The molecule has 0 aliphatic carbocycles. The third-order valence-electron chi connectivity index (χ3n) is 5.34. The van der Waals surface area contributed by atoms with Gasteiger partial charge >= 0.3 is 0 Å². The van der Waals surface area contributed by atoms with Crippen LogP contribution in [0.5, 0.6) is 5.88 Å². The molecule has 1 aromatic carbocycles. The zero-order chi connectivity index (χ0) is 23.7. The van der Waals surface area contributed by atoms with E-state index in [0.29, 0.717) is 11.4 Å². The number of ketones is 1. The lowest BCUT2D eigenvalue weighted by atomic mass is 9.88. The molecule has 0 saturated carbocycles. The number of carbonyl (C=O) groups excluding carboxylic acids is 3. The average molecular weight is 455 g/mol. The van der Waals surface area contributed by atoms with Gasteiger partial charge in [0.2, 0.25) is 17.7 Å². The molecule has 8 nitrogen and oxygen atoms in total. The molecule has 2 aromatic heterocycles. The number of Topliss-reactive ketones (excluding diaryl/α,β-unsaturated/α-hetero) is 1. The van der Waals surface area contributed by atoms with E-state index in [2.05, 4.69) is 10.3 Å². The maximum absolute atomic E-state index is 13.5. The van der Waals surface area contributed by atoms with Crippen molar-refractivity contribution in [3.63, 3.8) is 0 Å². The van der Waals surface area contributed by atoms with E-state index in [-0.39, 0.29) is 30.2 Å². The van der Waals surface area contributed by atoms with E-state index in [0.717, 1.165) is 22.6 Å². The van der Waals surface area contributed by atoms with Crippen LogP contribution in [0, 0.1) is 17.6 Å². The van der Waals surface area contributed by atoms with Gasteiger partial charge in [0.05, 0.1) is 12.7 Å². The molecule has 0 radical (unpaired) electrons. The fourth-order valence-corrected chi connectivity index (χ4v) is 3.58. The number of furan rings is 1. The predicted molar refractivity (Wildman–Crippen MR) is 112 cm³/mol.